The average molecular weight is 373 g/mol. The second-order valence-corrected chi connectivity index (χ2v) is 7.60. The van der Waals surface area contributed by atoms with Crippen LogP contribution in [0.5, 0.6) is 0 Å². The molecule has 3 rings (SSSR count). The standard InChI is InChI=1S/C21H32N4O2/c1-3-23-13-15-25(16-14-23)21(27)17(2)24-11-9-18(10-12-24)20(26)22-19-7-5-4-6-8-19/h4-8,17-18H,3,9-16H2,1-2H3,(H,22,26)/t17-/m0/s1. The molecule has 1 N–H and O–H groups in total. The number of hydrogen-bond donors (Lipinski definition) is 1. The van der Waals surface area contributed by atoms with Crippen molar-refractivity contribution >= 4 is 17.5 Å². The maximum absolute atomic E-state index is 12.8. The highest BCUT2D eigenvalue weighted by molar-refractivity contribution is 5.92. The van der Waals surface area contributed by atoms with Crippen LogP contribution in [0, 0.1) is 5.92 Å². The van der Waals surface area contributed by atoms with Crippen molar-refractivity contribution < 1.29 is 9.59 Å². The monoisotopic (exact) mass is 372 g/mol. The van der Waals surface area contributed by atoms with E-state index in [0.717, 1.165) is 64.3 Å². The quantitative estimate of drug-likeness (QED) is 0.858. The molecule has 0 unspecified atom stereocenters. The molecule has 0 aliphatic carbocycles. The second-order valence-electron chi connectivity index (χ2n) is 7.60. The van der Waals surface area contributed by atoms with E-state index in [-0.39, 0.29) is 23.8 Å². The minimum Gasteiger partial charge on any atom is -0.339 e. The van der Waals surface area contributed by atoms with Crippen molar-refractivity contribution in [2.24, 2.45) is 5.92 Å². The van der Waals surface area contributed by atoms with E-state index in [4.69, 9.17) is 0 Å². The number of piperazine rings is 1. The van der Waals surface area contributed by atoms with Crippen LogP contribution in [-0.2, 0) is 9.59 Å². The molecule has 0 radical (unpaired) electrons. The van der Waals surface area contributed by atoms with E-state index in [0.29, 0.717) is 0 Å². The van der Waals surface area contributed by atoms with Gasteiger partial charge in [0.15, 0.2) is 0 Å². The lowest BCUT2D eigenvalue weighted by atomic mass is 9.94. The smallest absolute Gasteiger partial charge is 0.239 e. The van der Waals surface area contributed by atoms with Gasteiger partial charge < -0.3 is 15.1 Å². The topological polar surface area (TPSA) is 55.9 Å². The maximum Gasteiger partial charge on any atom is 0.239 e. The molecule has 1 atom stereocenters. The van der Waals surface area contributed by atoms with Crippen LogP contribution in [0.25, 0.3) is 0 Å². The Morgan fingerprint density at radius 3 is 2.26 bits per heavy atom. The van der Waals surface area contributed by atoms with Crippen molar-refractivity contribution in [3.05, 3.63) is 30.3 Å². The minimum absolute atomic E-state index is 0.0249. The van der Waals surface area contributed by atoms with Gasteiger partial charge in [0.2, 0.25) is 11.8 Å². The minimum atomic E-state index is -0.101. The van der Waals surface area contributed by atoms with Crippen molar-refractivity contribution in [3.8, 4) is 0 Å². The summed E-state index contributed by atoms with van der Waals surface area (Å²) in [6.07, 6.45) is 1.61. The molecule has 2 fully saturated rings. The lowest BCUT2D eigenvalue weighted by molar-refractivity contribution is -0.138. The van der Waals surface area contributed by atoms with E-state index in [1.165, 1.54) is 0 Å². The van der Waals surface area contributed by atoms with Crippen LogP contribution in [-0.4, -0.2) is 78.4 Å². The van der Waals surface area contributed by atoms with Crippen molar-refractivity contribution in [3.63, 3.8) is 0 Å². The summed E-state index contributed by atoms with van der Waals surface area (Å²) in [6.45, 7) is 10.4. The fraction of sp³-hybridized carbons (Fsp3) is 0.619. The van der Waals surface area contributed by atoms with E-state index in [2.05, 4.69) is 22.0 Å². The Morgan fingerprint density at radius 2 is 1.67 bits per heavy atom. The van der Waals surface area contributed by atoms with E-state index in [9.17, 15) is 9.59 Å². The van der Waals surface area contributed by atoms with E-state index in [1.54, 1.807) is 0 Å². The van der Waals surface area contributed by atoms with Crippen molar-refractivity contribution in [1.29, 1.82) is 0 Å². The van der Waals surface area contributed by atoms with Gasteiger partial charge in [0.25, 0.3) is 0 Å². The SMILES string of the molecule is CCN1CCN(C(=O)[C@H](C)N2CCC(C(=O)Nc3ccccc3)CC2)CC1. The van der Waals surface area contributed by atoms with Crippen LogP contribution < -0.4 is 5.32 Å². The molecule has 2 saturated heterocycles. The molecule has 6 nitrogen and oxygen atoms in total. The average Bonchev–Trinajstić information content (AvgIpc) is 2.73. The number of benzene rings is 1. The number of nitrogens with zero attached hydrogens (tertiary/aromatic N) is 3. The summed E-state index contributed by atoms with van der Waals surface area (Å²) < 4.78 is 0. The maximum atomic E-state index is 12.8. The lowest BCUT2D eigenvalue weighted by Crippen LogP contribution is -2.55. The molecule has 27 heavy (non-hydrogen) atoms. The number of likely N-dealkylation sites (tertiary alicyclic amines) is 1. The molecule has 2 heterocycles. The van der Waals surface area contributed by atoms with Gasteiger partial charge in [-0.2, -0.15) is 0 Å². The number of para-hydroxylation sites is 1. The number of likely N-dealkylation sites (N-methyl/N-ethyl adjacent to an activating group) is 1. The zero-order valence-electron chi connectivity index (χ0n) is 16.6. The molecule has 0 saturated carbocycles. The lowest BCUT2D eigenvalue weighted by Gasteiger charge is -2.39. The summed E-state index contributed by atoms with van der Waals surface area (Å²) in [5.41, 5.74) is 0.847. The third-order valence-electron chi connectivity index (χ3n) is 5.98. The first kappa shape index (κ1) is 19.8. The summed E-state index contributed by atoms with van der Waals surface area (Å²) in [5.74, 6) is 0.352. The molecule has 0 aromatic heterocycles. The Balaban J connectivity index is 1.45. The first-order valence-electron chi connectivity index (χ1n) is 10.2. The largest absolute Gasteiger partial charge is 0.339 e. The number of amides is 2. The molecule has 0 spiro atoms. The molecular weight excluding hydrogens is 340 g/mol. The zero-order valence-corrected chi connectivity index (χ0v) is 16.6. The number of carbonyl (C=O) groups is 2. The van der Waals surface area contributed by atoms with E-state index < -0.39 is 0 Å². The van der Waals surface area contributed by atoms with Crippen LogP contribution >= 0.6 is 0 Å². The van der Waals surface area contributed by atoms with Gasteiger partial charge in [0.05, 0.1) is 6.04 Å². The molecule has 2 aliphatic rings. The van der Waals surface area contributed by atoms with Gasteiger partial charge in [-0.1, -0.05) is 25.1 Å². The Labute approximate surface area is 162 Å². The van der Waals surface area contributed by atoms with Crippen molar-refractivity contribution in [2.45, 2.75) is 32.7 Å². The van der Waals surface area contributed by atoms with Crippen LogP contribution in [0.3, 0.4) is 0 Å². The number of rotatable bonds is 5. The predicted molar refractivity (Wildman–Crippen MR) is 108 cm³/mol. The van der Waals surface area contributed by atoms with Crippen LogP contribution in [0.15, 0.2) is 30.3 Å². The summed E-state index contributed by atoms with van der Waals surface area (Å²) in [6, 6.07) is 9.50. The van der Waals surface area contributed by atoms with Crippen LogP contribution in [0.1, 0.15) is 26.7 Å². The van der Waals surface area contributed by atoms with Gasteiger partial charge in [-0.25, -0.2) is 0 Å². The van der Waals surface area contributed by atoms with E-state index >= 15 is 0 Å². The fourth-order valence-electron chi connectivity index (χ4n) is 4.02. The van der Waals surface area contributed by atoms with Crippen LogP contribution in [0.2, 0.25) is 0 Å². The molecule has 6 heteroatoms. The number of nitrogens with one attached hydrogen (secondary N) is 1. The normalized spacial score (nSPS) is 21.0. The number of carbonyl (C=O) groups excluding carboxylic acids is 2. The molecule has 148 valence electrons. The van der Waals surface area contributed by atoms with Gasteiger partial charge in [0.1, 0.15) is 0 Å². The van der Waals surface area contributed by atoms with Crippen molar-refractivity contribution in [1.82, 2.24) is 14.7 Å². The van der Waals surface area contributed by atoms with Gasteiger partial charge in [0, 0.05) is 37.8 Å². The molecule has 1 aromatic carbocycles. The summed E-state index contributed by atoms with van der Waals surface area (Å²) in [7, 11) is 0. The number of anilines is 1. The molecule has 1 aromatic rings. The Morgan fingerprint density at radius 1 is 1.04 bits per heavy atom. The van der Waals surface area contributed by atoms with Gasteiger partial charge in [-0.15, -0.1) is 0 Å². The Hall–Kier alpha value is -1.92. The highest BCUT2D eigenvalue weighted by Crippen LogP contribution is 2.22. The first-order chi connectivity index (χ1) is 13.1. The number of piperidine rings is 1. The zero-order chi connectivity index (χ0) is 19.2. The Kier molecular flexibility index (Phi) is 6.85. The van der Waals surface area contributed by atoms with E-state index in [1.807, 2.05) is 42.2 Å². The van der Waals surface area contributed by atoms with Gasteiger partial charge >= 0.3 is 0 Å². The highest BCUT2D eigenvalue weighted by atomic mass is 16.2. The third kappa shape index (κ3) is 5.08. The summed E-state index contributed by atoms with van der Waals surface area (Å²) >= 11 is 0. The second kappa shape index (κ2) is 9.33. The molecular formula is C21H32N4O2. The Bertz CT molecular complexity index is 620. The van der Waals surface area contributed by atoms with Gasteiger partial charge in [-0.3, -0.25) is 14.5 Å². The molecule has 2 aliphatic heterocycles. The number of hydrogen-bond acceptors (Lipinski definition) is 4. The molecule has 0 bridgehead atoms. The van der Waals surface area contributed by atoms with Gasteiger partial charge in [-0.05, 0) is 51.5 Å². The van der Waals surface area contributed by atoms with Crippen molar-refractivity contribution in [2.75, 3.05) is 51.1 Å². The van der Waals surface area contributed by atoms with Crippen LogP contribution in [0.4, 0.5) is 5.69 Å². The molecule has 2 amide bonds. The fourth-order valence-corrected chi connectivity index (χ4v) is 4.02. The third-order valence-corrected chi connectivity index (χ3v) is 5.98. The summed E-state index contributed by atoms with van der Waals surface area (Å²) in [5, 5.41) is 3.00. The first-order valence-corrected chi connectivity index (χ1v) is 10.2. The highest BCUT2D eigenvalue weighted by Gasteiger charge is 2.32. The summed E-state index contributed by atoms with van der Waals surface area (Å²) in [4.78, 5) is 31.9. The predicted octanol–water partition coefficient (Wildman–Crippen LogP) is 1.89.